The minimum absolute atomic E-state index is 0. The normalized spacial score (nSPS) is 11.2. The Hall–Kier alpha value is -2.35. The summed E-state index contributed by atoms with van der Waals surface area (Å²) in [4.78, 5) is 0. The second-order valence-corrected chi connectivity index (χ2v) is 4.99. The molecule has 0 amide bonds. The van der Waals surface area contributed by atoms with Crippen molar-refractivity contribution in [2.45, 2.75) is 0 Å². The molecule has 0 bridgehead atoms. The summed E-state index contributed by atoms with van der Waals surface area (Å²) in [5.74, 6) is 0. The van der Waals surface area contributed by atoms with Crippen LogP contribution >= 0.6 is 0 Å². The zero-order valence-corrected chi connectivity index (χ0v) is 11.1. The minimum atomic E-state index is -2.41. The van der Waals surface area contributed by atoms with Gasteiger partial charge in [-0.05, 0) is 0 Å². The fourth-order valence-electron chi connectivity index (χ4n) is 2.73. The van der Waals surface area contributed by atoms with Crippen LogP contribution in [0.2, 0.25) is 0 Å². The molecular formula is C18H16BF. The van der Waals surface area contributed by atoms with Crippen molar-refractivity contribution >= 4 is 22.8 Å². The number of hydrogen-bond donors (Lipinski definition) is 0. The van der Waals surface area contributed by atoms with Crippen molar-refractivity contribution < 1.29 is 5.74 Å². The predicted molar refractivity (Wildman–Crippen MR) is 86.2 cm³/mol. The molecule has 0 aliphatic rings. The van der Waals surface area contributed by atoms with Crippen molar-refractivity contribution in [1.82, 2.24) is 0 Å². The Kier molecular flexibility index (Phi) is 3.38. The summed E-state index contributed by atoms with van der Waals surface area (Å²) in [7, 11) is 0. The van der Waals surface area contributed by atoms with Gasteiger partial charge in [-0.2, -0.15) is 16.4 Å². The van der Waals surface area contributed by atoms with E-state index in [4.69, 9.17) is 0 Å². The van der Waals surface area contributed by atoms with Gasteiger partial charge in [0.15, 0.2) is 0 Å². The van der Waals surface area contributed by atoms with E-state index in [1.54, 1.807) is 0 Å². The molecule has 0 atom stereocenters. The summed E-state index contributed by atoms with van der Waals surface area (Å²) in [6, 6.07) is 28.2. The second-order valence-electron chi connectivity index (χ2n) is 4.99. The van der Waals surface area contributed by atoms with Crippen LogP contribution in [0.3, 0.4) is 0 Å². The molecule has 3 aromatic rings. The number of hydrogen-bond acceptors (Lipinski definition) is 0. The molecule has 0 aliphatic carbocycles. The van der Waals surface area contributed by atoms with Crippen molar-refractivity contribution in [3.8, 4) is 0 Å². The number of benzene rings is 3. The second kappa shape index (κ2) is 5.34. The minimum Gasteiger partial charge on any atom is -0.498 e. The molecule has 0 aromatic heterocycles. The maximum absolute atomic E-state index is 16.1. The van der Waals surface area contributed by atoms with Crippen LogP contribution in [0.1, 0.15) is 1.43 Å². The maximum Gasteiger partial charge on any atom is 1.00 e. The molecule has 3 rings (SSSR count). The first-order chi connectivity index (χ1) is 9.82. The molecule has 0 saturated carbocycles. The van der Waals surface area contributed by atoms with Crippen LogP contribution in [0.5, 0.6) is 0 Å². The van der Waals surface area contributed by atoms with Crippen molar-refractivity contribution in [3.63, 3.8) is 0 Å². The third-order valence-electron chi connectivity index (χ3n) is 3.78. The summed E-state index contributed by atoms with van der Waals surface area (Å²) in [6.07, 6.45) is -2.41. The van der Waals surface area contributed by atoms with Gasteiger partial charge in [0.2, 0.25) is 6.42 Å². The van der Waals surface area contributed by atoms with Crippen LogP contribution in [0.4, 0.5) is 4.32 Å². The van der Waals surface area contributed by atoms with E-state index < -0.39 is 6.42 Å². The predicted octanol–water partition coefficient (Wildman–Crippen LogP) is 2.74. The highest BCUT2D eigenvalue weighted by molar-refractivity contribution is 7.06. The Morgan fingerprint density at radius 2 is 0.750 bits per heavy atom. The van der Waals surface area contributed by atoms with Crippen LogP contribution in [0.25, 0.3) is 0 Å². The molecule has 2 heteroatoms. The van der Waals surface area contributed by atoms with E-state index >= 15 is 4.32 Å². The zero-order chi connectivity index (χ0) is 13.8. The molecule has 0 aliphatic heterocycles. The molecule has 3 aromatic carbocycles. The molecule has 98 valence electrons. The van der Waals surface area contributed by atoms with Crippen molar-refractivity contribution in [2.24, 2.45) is 0 Å². The Bertz CT molecular complexity index is 575. The van der Waals surface area contributed by atoms with Crippen molar-refractivity contribution in [1.29, 1.82) is 0 Å². The van der Waals surface area contributed by atoms with Gasteiger partial charge in [-0.1, -0.05) is 91.0 Å². The molecule has 0 fully saturated rings. The first-order valence-electron chi connectivity index (χ1n) is 6.82. The van der Waals surface area contributed by atoms with Crippen LogP contribution in [0, 0.1) is 0 Å². The summed E-state index contributed by atoms with van der Waals surface area (Å²) < 4.78 is 16.1. The highest BCUT2D eigenvalue weighted by Gasteiger charge is 2.29. The lowest BCUT2D eigenvalue weighted by molar-refractivity contribution is 0.842. The van der Waals surface area contributed by atoms with Gasteiger partial charge >= 0.3 is 1.43 Å². The van der Waals surface area contributed by atoms with Gasteiger partial charge in [0.25, 0.3) is 0 Å². The molecular weight excluding hydrogens is 246 g/mol. The van der Waals surface area contributed by atoms with E-state index in [1.807, 2.05) is 91.0 Å². The summed E-state index contributed by atoms with van der Waals surface area (Å²) in [5, 5.41) is 0. The van der Waals surface area contributed by atoms with Crippen LogP contribution in [0.15, 0.2) is 91.0 Å². The van der Waals surface area contributed by atoms with Gasteiger partial charge in [0.05, 0.1) is 0 Å². The molecule has 20 heavy (non-hydrogen) atoms. The van der Waals surface area contributed by atoms with E-state index in [-0.39, 0.29) is 1.43 Å². The van der Waals surface area contributed by atoms with E-state index in [1.165, 1.54) is 0 Å². The van der Waals surface area contributed by atoms with Crippen molar-refractivity contribution in [3.05, 3.63) is 91.0 Å². The summed E-state index contributed by atoms with van der Waals surface area (Å²) in [5.41, 5.74) is 2.14. The monoisotopic (exact) mass is 262 g/mol. The van der Waals surface area contributed by atoms with E-state index in [9.17, 15) is 0 Å². The average molecular weight is 262 g/mol. The Balaban J connectivity index is 0.00000161. The fraction of sp³-hybridized carbons (Fsp3) is 0. The molecule has 0 unspecified atom stereocenters. The molecule has 0 N–H and O–H groups in total. The number of rotatable bonds is 3. The standard InChI is InChI=1S/C18H15BF/c20-19(16-10-4-1-5-11-16,17-12-6-2-7-13-17)18-14-8-3-9-15-18/h1-15H/q-1/p+1. The molecule has 0 nitrogen and oxygen atoms in total. The maximum atomic E-state index is 16.1. The molecule has 0 spiro atoms. The van der Waals surface area contributed by atoms with Gasteiger partial charge in [-0.25, -0.2) is 0 Å². The van der Waals surface area contributed by atoms with Gasteiger partial charge in [-0.15, -0.1) is 0 Å². The molecule has 0 radical (unpaired) electrons. The zero-order valence-electron chi connectivity index (χ0n) is 12.1. The first-order valence-corrected chi connectivity index (χ1v) is 6.82. The third-order valence-corrected chi connectivity index (χ3v) is 3.78. The quantitative estimate of drug-likeness (QED) is 0.637. The van der Waals surface area contributed by atoms with E-state index in [0.29, 0.717) is 16.4 Å². The van der Waals surface area contributed by atoms with Gasteiger partial charge in [0.1, 0.15) is 0 Å². The van der Waals surface area contributed by atoms with Crippen LogP contribution in [-0.2, 0) is 0 Å². The lowest BCUT2D eigenvalue weighted by Crippen LogP contribution is -2.63. The van der Waals surface area contributed by atoms with Gasteiger partial charge in [-0.3, -0.25) is 0 Å². The third kappa shape index (κ3) is 2.14. The van der Waals surface area contributed by atoms with E-state index in [2.05, 4.69) is 0 Å². The fourth-order valence-corrected chi connectivity index (χ4v) is 2.73. The first kappa shape index (κ1) is 12.7. The topological polar surface area (TPSA) is 0 Å². The Morgan fingerprint density at radius 3 is 1.00 bits per heavy atom. The highest BCUT2D eigenvalue weighted by Crippen LogP contribution is 2.08. The van der Waals surface area contributed by atoms with Crippen LogP contribution in [-0.4, -0.2) is 6.42 Å². The smallest absolute Gasteiger partial charge is 0.498 e. The lowest BCUT2D eigenvalue weighted by atomic mass is 9.31. The molecule has 0 saturated heterocycles. The van der Waals surface area contributed by atoms with Gasteiger partial charge < -0.3 is 4.32 Å². The summed E-state index contributed by atoms with van der Waals surface area (Å²) >= 11 is 0. The van der Waals surface area contributed by atoms with Gasteiger partial charge in [0, 0.05) is 0 Å². The largest absolute Gasteiger partial charge is 1.00 e. The summed E-state index contributed by atoms with van der Waals surface area (Å²) in [6.45, 7) is 0. The Morgan fingerprint density at radius 1 is 0.500 bits per heavy atom. The number of halogens is 1. The van der Waals surface area contributed by atoms with E-state index in [0.717, 1.165) is 0 Å². The Labute approximate surface area is 120 Å². The average Bonchev–Trinajstić information content (AvgIpc) is 2.56. The van der Waals surface area contributed by atoms with Crippen molar-refractivity contribution in [2.75, 3.05) is 0 Å². The highest BCUT2D eigenvalue weighted by atomic mass is 19.1. The van der Waals surface area contributed by atoms with Crippen LogP contribution < -0.4 is 16.4 Å². The lowest BCUT2D eigenvalue weighted by Gasteiger charge is -2.35. The SMILES string of the molecule is F[B-](c1ccccc1)(c1ccccc1)c1ccccc1.[H+]. The molecule has 0 heterocycles.